The van der Waals surface area contributed by atoms with Crippen molar-refractivity contribution in [3.8, 4) is 0 Å². The maximum atomic E-state index is 5.82. The molecule has 0 N–H and O–H groups in total. The van der Waals surface area contributed by atoms with Gasteiger partial charge in [0.15, 0.2) is 0 Å². The lowest BCUT2D eigenvalue weighted by Gasteiger charge is -2.31. The molecule has 1 fully saturated rings. The summed E-state index contributed by atoms with van der Waals surface area (Å²) >= 11 is 1.87. The Morgan fingerprint density at radius 1 is 1.23 bits per heavy atom. The summed E-state index contributed by atoms with van der Waals surface area (Å²) in [6.45, 7) is 5.66. The van der Waals surface area contributed by atoms with Crippen LogP contribution in [0.3, 0.4) is 0 Å². The maximum Gasteiger partial charge on any atom is 0.0578 e. The lowest BCUT2D eigenvalue weighted by molar-refractivity contribution is 0.0108. The molecule has 0 saturated heterocycles. The molecule has 2 heteroatoms. The number of thioether (sulfide) groups is 1. The van der Waals surface area contributed by atoms with Crippen molar-refractivity contribution in [3.05, 3.63) is 0 Å². The van der Waals surface area contributed by atoms with Gasteiger partial charge in [0.05, 0.1) is 12.7 Å². The molecular formula is C11H22OS. The molecule has 0 amide bonds. The van der Waals surface area contributed by atoms with Gasteiger partial charge in [0.1, 0.15) is 0 Å². The fraction of sp³-hybridized carbons (Fsp3) is 1.00. The molecule has 3 unspecified atom stereocenters. The van der Waals surface area contributed by atoms with Gasteiger partial charge in [-0.1, -0.05) is 13.8 Å². The molecule has 0 aromatic carbocycles. The Morgan fingerprint density at radius 2 is 2.00 bits per heavy atom. The normalized spacial score (nSPS) is 34.8. The minimum absolute atomic E-state index is 0.554. The van der Waals surface area contributed by atoms with Crippen LogP contribution in [0, 0.1) is 11.8 Å². The number of hydrogen-bond acceptors (Lipinski definition) is 2. The quantitative estimate of drug-likeness (QED) is 0.648. The van der Waals surface area contributed by atoms with Crippen LogP contribution < -0.4 is 0 Å². The molecule has 0 aromatic heterocycles. The van der Waals surface area contributed by atoms with Crippen molar-refractivity contribution >= 4 is 11.8 Å². The van der Waals surface area contributed by atoms with Gasteiger partial charge in [0.2, 0.25) is 0 Å². The maximum absolute atomic E-state index is 5.82. The summed E-state index contributed by atoms with van der Waals surface area (Å²) in [5.74, 6) is 2.90. The van der Waals surface area contributed by atoms with Gasteiger partial charge in [0, 0.05) is 5.75 Å². The fourth-order valence-corrected chi connectivity index (χ4v) is 2.21. The summed E-state index contributed by atoms with van der Waals surface area (Å²) in [5, 5.41) is 0. The average Bonchev–Trinajstić information content (AvgIpc) is 2.12. The molecular weight excluding hydrogens is 180 g/mol. The topological polar surface area (TPSA) is 9.23 Å². The lowest BCUT2D eigenvalue weighted by atomic mass is 9.80. The van der Waals surface area contributed by atoms with E-state index in [0.717, 1.165) is 24.2 Å². The zero-order valence-electron chi connectivity index (χ0n) is 9.08. The molecule has 1 aliphatic carbocycles. The predicted molar refractivity (Wildman–Crippen MR) is 60.3 cm³/mol. The van der Waals surface area contributed by atoms with E-state index in [2.05, 4.69) is 20.1 Å². The van der Waals surface area contributed by atoms with Crippen LogP contribution in [-0.2, 0) is 4.74 Å². The first-order valence-corrected chi connectivity index (χ1v) is 6.74. The van der Waals surface area contributed by atoms with Crippen LogP contribution in [0.25, 0.3) is 0 Å². The van der Waals surface area contributed by atoms with E-state index in [4.69, 9.17) is 4.74 Å². The highest BCUT2D eigenvalue weighted by atomic mass is 32.2. The van der Waals surface area contributed by atoms with E-state index in [1.165, 1.54) is 19.3 Å². The second-order valence-electron chi connectivity index (χ2n) is 4.25. The summed E-state index contributed by atoms with van der Waals surface area (Å²) in [7, 11) is 0. The van der Waals surface area contributed by atoms with E-state index in [1.54, 1.807) is 0 Å². The van der Waals surface area contributed by atoms with Crippen molar-refractivity contribution < 1.29 is 4.74 Å². The van der Waals surface area contributed by atoms with Gasteiger partial charge in [-0.3, -0.25) is 0 Å². The molecule has 0 heterocycles. The lowest BCUT2D eigenvalue weighted by Crippen LogP contribution is -2.27. The summed E-state index contributed by atoms with van der Waals surface area (Å²) in [4.78, 5) is 0. The number of hydrogen-bond donors (Lipinski definition) is 0. The van der Waals surface area contributed by atoms with E-state index in [1.807, 2.05) is 11.8 Å². The zero-order valence-corrected chi connectivity index (χ0v) is 9.90. The Morgan fingerprint density at radius 3 is 2.62 bits per heavy atom. The Labute approximate surface area is 86.6 Å². The van der Waals surface area contributed by atoms with Crippen LogP contribution >= 0.6 is 11.8 Å². The van der Waals surface area contributed by atoms with E-state index in [-0.39, 0.29) is 0 Å². The standard InChI is InChI=1S/C11H22OS/c1-9-4-5-11(8-10(9)2)12-6-7-13-3/h9-11H,4-8H2,1-3H3. The van der Waals surface area contributed by atoms with E-state index >= 15 is 0 Å². The van der Waals surface area contributed by atoms with Gasteiger partial charge in [-0.05, 0) is 37.4 Å². The average molecular weight is 202 g/mol. The highest BCUT2D eigenvalue weighted by molar-refractivity contribution is 7.98. The molecule has 0 bridgehead atoms. The number of rotatable bonds is 4. The Balaban J connectivity index is 2.14. The minimum Gasteiger partial charge on any atom is -0.377 e. The number of ether oxygens (including phenoxy) is 1. The van der Waals surface area contributed by atoms with Gasteiger partial charge < -0.3 is 4.74 Å². The zero-order chi connectivity index (χ0) is 9.68. The smallest absolute Gasteiger partial charge is 0.0578 e. The van der Waals surface area contributed by atoms with Gasteiger partial charge in [-0.25, -0.2) is 0 Å². The summed E-state index contributed by atoms with van der Waals surface area (Å²) in [6.07, 6.45) is 6.59. The van der Waals surface area contributed by atoms with Gasteiger partial charge in [0.25, 0.3) is 0 Å². The highest BCUT2D eigenvalue weighted by Crippen LogP contribution is 2.30. The molecule has 78 valence electrons. The predicted octanol–water partition coefficient (Wildman–Crippen LogP) is 3.19. The third-order valence-corrected chi connectivity index (χ3v) is 3.77. The van der Waals surface area contributed by atoms with E-state index in [9.17, 15) is 0 Å². The molecule has 1 aliphatic rings. The SMILES string of the molecule is CSCCOC1CCC(C)C(C)C1. The first kappa shape index (κ1) is 11.4. The van der Waals surface area contributed by atoms with Crippen molar-refractivity contribution in [1.82, 2.24) is 0 Å². The van der Waals surface area contributed by atoms with E-state index in [0.29, 0.717) is 6.10 Å². The van der Waals surface area contributed by atoms with Crippen molar-refractivity contribution in [2.75, 3.05) is 18.6 Å². The van der Waals surface area contributed by atoms with Crippen LogP contribution in [0.4, 0.5) is 0 Å². The monoisotopic (exact) mass is 202 g/mol. The fourth-order valence-electron chi connectivity index (χ4n) is 1.95. The second kappa shape index (κ2) is 5.92. The Hall–Kier alpha value is 0.310. The highest BCUT2D eigenvalue weighted by Gasteiger charge is 2.24. The third kappa shape index (κ3) is 3.90. The largest absolute Gasteiger partial charge is 0.377 e. The van der Waals surface area contributed by atoms with Crippen molar-refractivity contribution in [3.63, 3.8) is 0 Å². The summed E-state index contributed by atoms with van der Waals surface area (Å²) < 4.78 is 5.82. The van der Waals surface area contributed by atoms with Crippen molar-refractivity contribution in [2.45, 2.75) is 39.2 Å². The van der Waals surface area contributed by atoms with Gasteiger partial charge in [-0.15, -0.1) is 0 Å². The molecule has 1 rings (SSSR count). The van der Waals surface area contributed by atoms with Crippen LogP contribution in [0.2, 0.25) is 0 Å². The van der Waals surface area contributed by atoms with Crippen molar-refractivity contribution in [2.24, 2.45) is 11.8 Å². The van der Waals surface area contributed by atoms with Gasteiger partial charge in [-0.2, -0.15) is 11.8 Å². The molecule has 0 radical (unpaired) electrons. The van der Waals surface area contributed by atoms with Crippen LogP contribution in [0.15, 0.2) is 0 Å². The summed E-state index contributed by atoms with van der Waals surface area (Å²) in [5.41, 5.74) is 0. The molecule has 0 aromatic rings. The molecule has 1 saturated carbocycles. The Bertz CT molecular complexity index is 138. The molecule has 3 atom stereocenters. The Kier molecular flexibility index (Phi) is 5.18. The van der Waals surface area contributed by atoms with E-state index < -0.39 is 0 Å². The van der Waals surface area contributed by atoms with Crippen molar-refractivity contribution in [1.29, 1.82) is 0 Å². The van der Waals surface area contributed by atoms with Gasteiger partial charge >= 0.3 is 0 Å². The molecule has 0 aliphatic heterocycles. The van der Waals surface area contributed by atoms with Crippen LogP contribution in [0.1, 0.15) is 33.1 Å². The van der Waals surface area contributed by atoms with Crippen LogP contribution in [-0.4, -0.2) is 24.7 Å². The molecule has 1 nitrogen and oxygen atoms in total. The first-order valence-electron chi connectivity index (χ1n) is 5.34. The first-order chi connectivity index (χ1) is 6.24. The van der Waals surface area contributed by atoms with Crippen LogP contribution in [0.5, 0.6) is 0 Å². The second-order valence-corrected chi connectivity index (χ2v) is 5.24. The molecule has 0 spiro atoms. The summed E-state index contributed by atoms with van der Waals surface area (Å²) in [6, 6.07) is 0. The molecule has 13 heavy (non-hydrogen) atoms. The third-order valence-electron chi connectivity index (χ3n) is 3.19. The minimum atomic E-state index is 0.554.